The minimum Gasteiger partial charge on any atom is -0.477 e. The van der Waals surface area contributed by atoms with Crippen LogP contribution in [0.1, 0.15) is 23.0 Å². The summed E-state index contributed by atoms with van der Waals surface area (Å²) in [5.41, 5.74) is 7.77. The maximum Gasteiger partial charge on any atom is 0.352 e. The van der Waals surface area contributed by atoms with Crippen molar-refractivity contribution in [2.75, 3.05) is 6.54 Å². The summed E-state index contributed by atoms with van der Waals surface area (Å²) < 4.78 is 1.80. The van der Waals surface area contributed by atoms with E-state index >= 15 is 0 Å². The third kappa shape index (κ3) is 1.80. The summed E-state index contributed by atoms with van der Waals surface area (Å²) in [6, 6.07) is 7.75. The molecule has 1 aromatic heterocycles. The van der Waals surface area contributed by atoms with E-state index in [9.17, 15) is 9.90 Å². The third-order valence-electron chi connectivity index (χ3n) is 2.98. The Morgan fingerprint density at radius 2 is 2.12 bits per heavy atom. The van der Waals surface area contributed by atoms with Crippen LogP contribution in [0.3, 0.4) is 0 Å². The first-order valence-corrected chi connectivity index (χ1v) is 5.74. The van der Waals surface area contributed by atoms with Gasteiger partial charge >= 0.3 is 5.97 Å². The molecule has 1 aromatic carbocycles. The van der Waals surface area contributed by atoms with E-state index < -0.39 is 5.97 Å². The zero-order chi connectivity index (χ0) is 12.4. The molecule has 90 valence electrons. The number of aromatic nitrogens is 1. The van der Waals surface area contributed by atoms with Gasteiger partial charge in [-0.2, -0.15) is 0 Å². The molecule has 2 rings (SSSR count). The number of hydrogen-bond acceptors (Lipinski definition) is 2. The molecule has 2 aromatic rings. The van der Waals surface area contributed by atoms with Gasteiger partial charge in [0.05, 0.1) is 0 Å². The normalized spacial score (nSPS) is 10.9. The van der Waals surface area contributed by atoms with Crippen molar-refractivity contribution in [3.8, 4) is 0 Å². The summed E-state index contributed by atoms with van der Waals surface area (Å²) in [4.78, 5) is 11.4. The molecular formula is C13H16N2O2. The molecule has 1 heterocycles. The van der Waals surface area contributed by atoms with Crippen LogP contribution in [-0.2, 0) is 13.0 Å². The maximum atomic E-state index is 11.4. The van der Waals surface area contributed by atoms with Crippen molar-refractivity contribution in [1.29, 1.82) is 0 Å². The number of fused-ring (bicyclic) bond motifs is 1. The smallest absolute Gasteiger partial charge is 0.352 e. The van der Waals surface area contributed by atoms with Crippen LogP contribution in [0.4, 0.5) is 0 Å². The Morgan fingerprint density at radius 1 is 1.41 bits per heavy atom. The molecule has 0 radical (unpaired) electrons. The number of hydrogen-bond donors (Lipinski definition) is 2. The number of benzene rings is 1. The lowest BCUT2D eigenvalue weighted by atomic mass is 10.1. The fourth-order valence-electron chi connectivity index (χ4n) is 2.34. The number of aromatic carboxylic acids is 1. The topological polar surface area (TPSA) is 68.2 Å². The summed E-state index contributed by atoms with van der Waals surface area (Å²) in [6.45, 7) is 2.94. The Labute approximate surface area is 99.7 Å². The van der Waals surface area contributed by atoms with Gasteiger partial charge in [-0.25, -0.2) is 4.79 Å². The lowest BCUT2D eigenvalue weighted by molar-refractivity contribution is 0.0684. The van der Waals surface area contributed by atoms with Crippen LogP contribution in [0.25, 0.3) is 10.9 Å². The van der Waals surface area contributed by atoms with Gasteiger partial charge in [0.2, 0.25) is 0 Å². The Hall–Kier alpha value is -1.81. The Morgan fingerprint density at radius 3 is 2.71 bits per heavy atom. The molecular weight excluding hydrogens is 216 g/mol. The standard InChI is InChI=1S/C13H16N2O2/c1-2-9-10-5-3-4-6-11(10)15(8-7-14)12(9)13(16)17/h3-6H,2,7-8,14H2,1H3,(H,16,17). The molecule has 0 amide bonds. The predicted molar refractivity (Wildman–Crippen MR) is 67.3 cm³/mol. The van der Waals surface area contributed by atoms with E-state index in [0.717, 1.165) is 16.5 Å². The monoisotopic (exact) mass is 232 g/mol. The maximum absolute atomic E-state index is 11.4. The number of carbonyl (C=O) groups is 1. The van der Waals surface area contributed by atoms with Crippen molar-refractivity contribution in [2.45, 2.75) is 19.9 Å². The van der Waals surface area contributed by atoms with E-state index in [0.29, 0.717) is 25.2 Å². The highest BCUT2D eigenvalue weighted by molar-refractivity contribution is 5.98. The molecule has 0 unspecified atom stereocenters. The van der Waals surface area contributed by atoms with Gasteiger partial charge in [0, 0.05) is 24.0 Å². The quantitative estimate of drug-likeness (QED) is 0.845. The minimum atomic E-state index is -0.883. The van der Waals surface area contributed by atoms with Crippen LogP contribution in [0.15, 0.2) is 24.3 Å². The highest BCUT2D eigenvalue weighted by Crippen LogP contribution is 2.26. The molecule has 0 aliphatic carbocycles. The van der Waals surface area contributed by atoms with E-state index in [4.69, 9.17) is 5.73 Å². The van der Waals surface area contributed by atoms with Gasteiger partial charge in [-0.15, -0.1) is 0 Å². The van der Waals surface area contributed by atoms with Gasteiger partial charge in [-0.1, -0.05) is 25.1 Å². The van der Waals surface area contributed by atoms with Gasteiger partial charge in [0.1, 0.15) is 5.69 Å². The minimum absolute atomic E-state index is 0.374. The Kier molecular flexibility index (Phi) is 3.15. The highest BCUT2D eigenvalue weighted by Gasteiger charge is 2.20. The molecule has 0 bridgehead atoms. The number of nitrogens with zero attached hydrogens (tertiary/aromatic N) is 1. The van der Waals surface area contributed by atoms with Gasteiger partial charge in [-0.3, -0.25) is 0 Å². The first-order chi connectivity index (χ1) is 8.20. The molecule has 0 saturated heterocycles. The van der Waals surface area contributed by atoms with Crippen LogP contribution >= 0.6 is 0 Å². The number of aryl methyl sites for hydroxylation is 1. The number of carboxylic acids is 1. The van der Waals surface area contributed by atoms with E-state index in [2.05, 4.69) is 0 Å². The molecule has 3 N–H and O–H groups in total. The van der Waals surface area contributed by atoms with Crippen LogP contribution in [0.2, 0.25) is 0 Å². The van der Waals surface area contributed by atoms with Crippen molar-refractivity contribution < 1.29 is 9.90 Å². The lowest BCUT2D eigenvalue weighted by Gasteiger charge is -2.06. The summed E-state index contributed by atoms with van der Waals surface area (Å²) in [5, 5.41) is 10.4. The highest BCUT2D eigenvalue weighted by atomic mass is 16.4. The van der Waals surface area contributed by atoms with Gasteiger partial charge < -0.3 is 15.4 Å². The van der Waals surface area contributed by atoms with E-state index in [1.165, 1.54) is 0 Å². The van der Waals surface area contributed by atoms with E-state index in [1.54, 1.807) is 4.57 Å². The zero-order valence-corrected chi connectivity index (χ0v) is 9.81. The van der Waals surface area contributed by atoms with Crippen molar-refractivity contribution in [2.24, 2.45) is 5.73 Å². The second kappa shape index (κ2) is 4.59. The van der Waals surface area contributed by atoms with Crippen molar-refractivity contribution >= 4 is 16.9 Å². The van der Waals surface area contributed by atoms with Gasteiger partial charge in [-0.05, 0) is 18.1 Å². The average Bonchev–Trinajstić information content (AvgIpc) is 2.64. The van der Waals surface area contributed by atoms with Crippen molar-refractivity contribution in [1.82, 2.24) is 4.57 Å². The summed E-state index contributed by atoms with van der Waals surface area (Å²) in [7, 11) is 0. The molecule has 0 aliphatic heterocycles. The summed E-state index contributed by atoms with van der Waals surface area (Å²) in [6.07, 6.45) is 0.708. The second-order valence-corrected chi connectivity index (χ2v) is 3.94. The lowest BCUT2D eigenvalue weighted by Crippen LogP contribution is -2.15. The molecule has 0 saturated carbocycles. The SMILES string of the molecule is CCc1c(C(=O)O)n(CCN)c2ccccc12. The number of nitrogens with two attached hydrogens (primary N) is 1. The molecule has 4 heteroatoms. The molecule has 0 fully saturated rings. The molecule has 0 aliphatic rings. The fourth-order valence-corrected chi connectivity index (χ4v) is 2.34. The Balaban J connectivity index is 2.82. The van der Waals surface area contributed by atoms with Crippen LogP contribution < -0.4 is 5.73 Å². The molecule has 17 heavy (non-hydrogen) atoms. The van der Waals surface area contributed by atoms with E-state index in [-0.39, 0.29) is 0 Å². The first kappa shape index (κ1) is 11.7. The van der Waals surface area contributed by atoms with Gasteiger partial charge in [0.15, 0.2) is 0 Å². The van der Waals surface area contributed by atoms with Crippen LogP contribution in [0.5, 0.6) is 0 Å². The predicted octanol–water partition coefficient (Wildman–Crippen LogP) is 1.86. The molecule has 0 atom stereocenters. The Bertz CT molecular complexity index is 558. The number of para-hydroxylation sites is 1. The van der Waals surface area contributed by atoms with Crippen LogP contribution in [0, 0.1) is 0 Å². The second-order valence-electron chi connectivity index (χ2n) is 3.94. The van der Waals surface area contributed by atoms with Crippen molar-refractivity contribution in [3.63, 3.8) is 0 Å². The molecule has 4 nitrogen and oxygen atoms in total. The average molecular weight is 232 g/mol. The van der Waals surface area contributed by atoms with Gasteiger partial charge in [0.25, 0.3) is 0 Å². The summed E-state index contributed by atoms with van der Waals surface area (Å²) >= 11 is 0. The fraction of sp³-hybridized carbons (Fsp3) is 0.308. The van der Waals surface area contributed by atoms with Crippen LogP contribution in [-0.4, -0.2) is 22.2 Å². The van der Waals surface area contributed by atoms with E-state index in [1.807, 2.05) is 31.2 Å². The number of rotatable bonds is 4. The third-order valence-corrected chi connectivity index (χ3v) is 2.98. The first-order valence-electron chi connectivity index (χ1n) is 5.74. The van der Waals surface area contributed by atoms with Crippen molar-refractivity contribution in [3.05, 3.63) is 35.5 Å². The largest absolute Gasteiger partial charge is 0.477 e. The number of carboxylic acid groups (broad SMARTS) is 1. The summed E-state index contributed by atoms with van der Waals surface area (Å²) in [5.74, 6) is -0.883. The molecule has 0 spiro atoms. The zero-order valence-electron chi connectivity index (χ0n) is 9.81.